The molecule has 0 saturated carbocycles. The third-order valence-corrected chi connectivity index (χ3v) is 3.43. The monoisotopic (exact) mass is 309 g/mol. The summed E-state index contributed by atoms with van der Waals surface area (Å²) in [5, 5.41) is 11.8. The molecule has 0 unspecified atom stereocenters. The second-order valence-electron chi connectivity index (χ2n) is 5.09. The van der Waals surface area contributed by atoms with Crippen LogP contribution in [0.2, 0.25) is 0 Å². The van der Waals surface area contributed by atoms with Gasteiger partial charge >= 0.3 is 0 Å². The van der Waals surface area contributed by atoms with Crippen molar-refractivity contribution in [2.24, 2.45) is 5.73 Å². The van der Waals surface area contributed by atoms with E-state index in [4.69, 9.17) is 23.1 Å². The van der Waals surface area contributed by atoms with E-state index in [-0.39, 0.29) is 12.5 Å². The number of nitrogens with zero attached hydrogens (tertiary/aromatic N) is 1. The first-order valence-corrected chi connectivity index (χ1v) is 7.39. The van der Waals surface area contributed by atoms with Crippen molar-refractivity contribution in [3.05, 3.63) is 29.8 Å². The molecule has 5 nitrogen and oxygen atoms in total. The first kappa shape index (κ1) is 17.6. The van der Waals surface area contributed by atoms with Gasteiger partial charge in [0.05, 0.1) is 6.61 Å². The average Bonchev–Trinajstić information content (AvgIpc) is 2.43. The number of thiocarbonyl (C=S) groups is 1. The minimum Gasteiger partial charge on any atom is -0.395 e. The molecule has 1 rings (SSSR count). The van der Waals surface area contributed by atoms with Gasteiger partial charge in [-0.3, -0.25) is 9.69 Å². The standard InChI is InChI=1S/C15H23N3O2S/c1-11(2)18(9-10-19)8-7-14(20)17-13-5-3-12(4-6-13)15(16)21/h3-6,11,19H,7-10H2,1-2H3,(H2,16,21)(H,17,20). The fourth-order valence-corrected chi connectivity index (χ4v) is 2.08. The molecule has 0 fully saturated rings. The van der Waals surface area contributed by atoms with Crippen LogP contribution >= 0.6 is 12.2 Å². The number of anilines is 1. The zero-order valence-electron chi connectivity index (χ0n) is 12.5. The number of aliphatic hydroxyl groups excluding tert-OH is 1. The predicted octanol–water partition coefficient (Wildman–Crippen LogP) is 1.35. The zero-order valence-corrected chi connectivity index (χ0v) is 13.3. The number of carbonyl (C=O) groups excluding carboxylic acids is 1. The summed E-state index contributed by atoms with van der Waals surface area (Å²) < 4.78 is 0. The summed E-state index contributed by atoms with van der Waals surface area (Å²) in [6.07, 6.45) is 0.384. The van der Waals surface area contributed by atoms with Crippen LogP contribution in [0.25, 0.3) is 0 Å². The minimum absolute atomic E-state index is 0.0540. The summed E-state index contributed by atoms with van der Waals surface area (Å²) in [5.41, 5.74) is 7.02. The number of rotatable bonds is 8. The van der Waals surface area contributed by atoms with Crippen molar-refractivity contribution >= 4 is 28.8 Å². The molecule has 0 heterocycles. The van der Waals surface area contributed by atoms with Gasteiger partial charge in [-0.25, -0.2) is 0 Å². The van der Waals surface area contributed by atoms with E-state index in [9.17, 15) is 4.79 Å². The van der Waals surface area contributed by atoms with E-state index in [1.165, 1.54) is 0 Å². The van der Waals surface area contributed by atoms with E-state index in [0.29, 0.717) is 30.5 Å². The maximum Gasteiger partial charge on any atom is 0.225 e. The molecule has 0 atom stereocenters. The molecule has 0 aliphatic carbocycles. The van der Waals surface area contributed by atoms with Crippen LogP contribution in [0.15, 0.2) is 24.3 Å². The van der Waals surface area contributed by atoms with Gasteiger partial charge in [0.25, 0.3) is 0 Å². The van der Waals surface area contributed by atoms with Gasteiger partial charge in [0.2, 0.25) is 5.91 Å². The van der Waals surface area contributed by atoms with Crippen LogP contribution in [0.3, 0.4) is 0 Å². The third-order valence-electron chi connectivity index (χ3n) is 3.20. The lowest BCUT2D eigenvalue weighted by Gasteiger charge is -2.25. The van der Waals surface area contributed by atoms with Crippen LogP contribution in [-0.4, -0.2) is 46.6 Å². The SMILES string of the molecule is CC(C)N(CCO)CCC(=O)Nc1ccc(C(N)=S)cc1. The van der Waals surface area contributed by atoms with Gasteiger partial charge in [0.15, 0.2) is 0 Å². The Labute approximate surface area is 131 Å². The van der Waals surface area contributed by atoms with Crippen molar-refractivity contribution < 1.29 is 9.90 Å². The molecule has 0 aliphatic heterocycles. The van der Waals surface area contributed by atoms with Crippen molar-refractivity contribution in [3.63, 3.8) is 0 Å². The molecule has 0 aliphatic rings. The summed E-state index contributed by atoms with van der Waals surface area (Å²) in [5.74, 6) is -0.0540. The van der Waals surface area contributed by atoms with Crippen LogP contribution < -0.4 is 11.1 Å². The number of hydrogen-bond donors (Lipinski definition) is 3. The van der Waals surface area contributed by atoms with Crippen molar-refractivity contribution in [1.29, 1.82) is 0 Å². The number of aliphatic hydroxyl groups is 1. The Bertz CT molecular complexity index is 474. The van der Waals surface area contributed by atoms with Crippen molar-refractivity contribution in [3.8, 4) is 0 Å². The Balaban J connectivity index is 2.47. The van der Waals surface area contributed by atoms with E-state index >= 15 is 0 Å². The molecule has 0 bridgehead atoms. The molecule has 6 heteroatoms. The highest BCUT2D eigenvalue weighted by molar-refractivity contribution is 7.80. The molecule has 1 aromatic carbocycles. The van der Waals surface area contributed by atoms with Crippen LogP contribution in [0, 0.1) is 0 Å². The highest BCUT2D eigenvalue weighted by Gasteiger charge is 2.11. The zero-order chi connectivity index (χ0) is 15.8. The molecule has 0 aromatic heterocycles. The lowest BCUT2D eigenvalue weighted by molar-refractivity contribution is -0.116. The summed E-state index contributed by atoms with van der Waals surface area (Å²) in [6.45, 7) is 5.38. The summed E-state index contributed by atoms with van der Waals surface area (Å²) in [4.78, 5) is 14.3. The van der Waals surface area contributed by atoms with Crippen LogP contribution in [-0.2, 0) is 4.79 Å². The number of hydrogen-bond acceptors (Lipinski definition) is 4. The van der Waals surface area contributed by atoms with Crippen molar-refractivity contribution in [2.45, 2.75) is 26.3 Å². The normalized spacial score (nSPS) is 10.9. The van der Waals surface area contributed by atoms with Gasteiger partial charge in [0, 0.05) is 36.8 Å². The molecular formula is C15H23N3O2S. The topological polar surface area (TPSA) is 78.6 Å². The highest BCUT2D eigenvalue weighted by atomic mass is 32.1. The van der Waals surface area contributed by atoms with E-state index in [2.05, 4.69) is 10.2 Å². The molecule has 0 radical (unpaired) electrons. The van der Waals surface area contributed by atoms with Crippen LogP contribution in [0.5, 0.6) is 0 Å². The Hall–Kier alpha value is -1.50. The van der Waals surface area contributed by atoms with Gasteiger partial charge < -0.3 is 16.2 Å². The van der Waals surface area contributed by atoms with Gasteiger partial charge in [-0.05, 0) is 38.1 Å². The van der Waals surface area contributed by atoms with Crippen molar-refractivity contribution in [2.75, 3.05) is 25.0 Å². The van der Waals surface area contributed by atoms with Gasteiger partial charge in [-0.15, -0.1) is 0 Å². The maximum absolute atomic E-state index is 11.9. The van der Waals surface area contributed by atoms with Crippen LogP contribution in [0.4, 0.5) is 5.69 Å². The Kier molecular flexibility index (Phi) is 7.28. The lowest BCUT2D eigenvalue weighted by atomic mass is 10.2. The fraction of sp³-hybridized carbons (Fsp3) is 0.467. The summed E-state index contributed by atoms with van der Waals surface area (Å²) in [6, 6.07) is 7.42. The smallest absolute Gasteiger partial charge is 0.225 e. The molecule has 0 saturated heterocycles. The molecule has 4 N–H and O–H groups in total. The molecule has 1 amide bonds. The number of amides is 1. The maximum atomic E-state index is 11.9. The molecule has 21 heavy (non-hydrogen) atoms. The van der Waals surface area contributed by atoms with Crippen molar-refractivity contribution in [1.82, 2.24) is 4.90 Å². The van der Waals surface area contributed by atoms with E-state index in [1.54, 1.807) is 24.3 Å². The van der Waals surface area contributed by atoms with Gasteiger partial charge in [-0.1, -0.05) is 12.2 Å². The summed E-state index contributed by atoms with van der Waals surface area (Å²) >= 11 is 4.88. The molecule has 1 aromatic rings. The Morgan fingerprint density at radius 3 is 2.43 bits per heavy atom. The minimum atomic E-state index is -0.0540. The largest absolute Gasteiger partial charge is 0.395 e. The average molecular weight is 309 g/mol. The molecule has 0 spiro atoms. The van der Waals surface area contributed by atoms with E-state index < -0.39 is 0 Å². The lowest BCUT2D eigenvalue weighted by Crippen LogP contribution is -2.35. The molecular weight excluding hydrogens is 286 g/mol. The quantitative estimate of drug-likeness (QED) is 0.632. The Morgan fingerprint density at radius 1 is 1.33 bits per heavy atom. The van der Waals surface area contributed by atoms with Crippen LogP contribution in [0.1, 0.15) is 25.8 Å². The first-order valence-electron chi connectivity index (χ1n) is 6.98. The first-order chi connectivity index (χ1) is 9.93. The predicted molar refractivity (Wildman–Crippen MR) is 89.4 cm³/mol. The molecule has 116 valence electrons. The number of nitrogens with one attached hydrogen (secondary N) is 1. The third kappa shape index (κ3) is 6.20. The van der Waals surface area contributed by atoms with E-state index in [1.807, 2.05) is 13.8 Å². The highest BCUT2D eigenvalue weighted by Crippen LogP contribution is 2.10. The Morgan fingerprint density at radius 2 is 1.95 bits per heavy atom. The van der Waals surface area contributed by atoms with Gasteiger partial charge in [-0.2, -0.15) is 0 Å². The summed E-state index contributed by atoms with van der Waals surface area (Å²) in [7, 11) is 0. The second kappa shape index (κ2) is 8.71. The number of benzene rings is 1. The number of carbonyl (C=O) groups is 1. The van der Waals surface area contributed by atoms with E-state index in [0.717, 1.165) is 11.3 Å². The second-order valence-corrected chi connectivity index (χ2v) is 5.53. The fourth-order valence-electron chi connectivity index (χ4n) is 1.94. The number of nitrogens with two attached hydrogens (primary N) is 1. The van der Waals surface area contributed by atoms with Gasteiger partial charge in [0.1, 0.15) is 4.99 Å².